The predicted octanol–water partition coefficient (Wildman–Crippen LogP) is 2.99. The zero-order chi connectivity index (χ0) is 12.1. The minimum absolute atomic E-state index is 0.290. The molecule has 0 bridgehead atoms. The Bertz CT molecular complexity index is 453. The molecule has 2 aromatic rings. The molecule has 1 aromatic heterocycles. The van der Waals surface area contributed by atoms with Crippen molar-refractivity contribution < 1.29 is 5.11 Å². The molecule has 0 aliphatic carbocycles. The predicted molar refractivity (Wildman–Crippen MR) is 71.3 cm³/mol. The van der Waals surface area contributed by atoms with E-state index in [2.05, 4.69) is 36.2 Å². The summed E-state index contributed by atoms with van der Waals surface area (Å²) >= 11 is 1.60. The second-order valence-electron chi connectivity index (χ2n) is 4.31. The number of aliphatic hydroxyl groups is 1. The first-order valence-corrected chi connectivity index (χ1v) is 6.74. The van der Waals surface area contributed by atoms with Gasteiger partial charge in [0.1, 0.15) is 0 Å². The van der Waals surface area contributed by atoms with Crippen LogP contribution < -0.4 is 0 Å². The highest BCUT2D eigenvalue weighted by Crippen LogP contribution is 2.12. The summed E-state index contributed by atoms with van der Waals surface area (Å²) in [6.07, 6.45) is 3.88. The van der Waals surface area contributed by atoms with Crippen LogP contribution in [-0.4, -0.2) is 16.2 Å². The van der Waals surface area contributed by atoms with E-state index in [9.17, 15) is 5.11 Å². The normalized spacial score (nSPS) is 12.6. The SMILES string of the molecule is Cc1cccc(CCC(O)Cc2nccs2)c1. The summed E-state index contributed by atoms with van der Waals surface area (Å²) < 4.78 is 0. The Morgan fingerprint density at radius 2 is 2.29 bits per heavy atom. The van der Waals surface area contributed by atoms with E-state index in [1.165, 1.54) is 11.1 Å². The third-order valence-corrected chi connectivity index (χ3v) is 3.54. The van der Waals surface area contributed by atoms with Gasteiger partial charge in [0, 0.05) is 18.0 Å². The van der Waals surface area contributed by atoms with Gasteiger partial charge in [0.2, 0.25) is 0 Å². The van der Waals surface area contributed by atoms with Crippen LogP contribution in [0.4, 0.5) is 0 Å². The maximum atomic E-state index is 9.92. The van der Waals surface area contributed by atoms with Gasteiger partial charge >= 0.3 is 0 Å². The molecule has 1 N–H and O–H groups in total. The lowest BCUT2D eigenvalue weighted by Gasteiger charge is -2.09. The first kappa shape index (κ1) is 12.3. The summed E-state index contributed by atoms with van der Waals surface area (Å²) in [4.78, 5) is 4.18. The number of nitrogens with zero attached hydrogens (tertiary/aromatic N) is 1. The van der Waals surface area contributed by atoms with E-state index in [0.29, 0.717) is 6.42 Å². The first-order chi connectivity index (χ1) is 8.24. The van der Waals surface area contributed by atoms with Gasteiger partial charge in [-0.15, -0.1) is 11.3 Å². The molecule has 1 heterocycles. The summed E-state index contributed by atoms with van der Waals surface area (Å²) in [5.41, 5.74) is 2.57. The standard InChI is InChI=1S/C14H17NOS/c1-11-3-2-4-12(9-11)5-6-13(16)10-14-15-7-8-17-14/h2-4,7-9,13,16H,5-6,10H2,1H3. The smallest absolute Gasteiger partial charge is 0.0950 e. The number of aromatic nitrogens is 1. The summed E-state index contributed by atoms with van der Waals surface area (Å²) in [5.74, 6) is 0. The summed E-state index contributed by atoms with van der Waals surface area (Å²) in [5, 5.41) is 12.9. The largest absolute Gasteiger partial charge is 0.393 e. The number of hydrogen-bond acceptors (Lipinski definition) is 3. The van der Waals surface area contributed by atoms with Crippen molar-refractivity contribution >= 4 is 11.3 Å². The number of thiazole rings is 1. The van der Waals surface area contributed by atoms with Crippen LogP contribution in [0.2, 0.25) is 0 Å². The molecule has 0 aliphatic rings. The van der Waals surface area contributed by atoms with Crippen LogP contribution in [0.3, 0.4) is 0 Å². The third kappa shape index (κ3) is 3.95. The highest BCUT2D eigenvalue weighted by Gasteiger charge is 2.07. The molecular formula is C14H17NOS. The van der Waals surface area contributed by atoms with E-state index in [1.807, 2.05) is 5.38 Å². The molecule has 0 aliphatic heterocycles. The first-order valence-electron chi connectivity index (χ1n) is 5.86. The Hall–Kier alpha value is -1.19. The second-order valence-corrected chi connectivity index (χ2v) is 5.29. The lowest BCUT2D eigenvalue weighted by atomic mass is 10.0. The zero-order valence-corrected chi connectivity index (χ0v) is 10.8. The number of hydrogen-bond donors (Lipinski definition) is 1. The third-order valence-electron chi connectivity index (χ3n) is 2.74. The average Bonchev–Trinajstić information content (AvgIpc) is 2.79. The fourth-order valence-electron chi connectivity index (χ4n) is 1.86. The van der Waals surface area contributed by atoms with Gasteiger partial charge in [-0.1, -0.05) is 29.8 Å². The molecule has 0 fully saturated rings. The van der Waals surface area contributed by atoms with Gasteiger partial charge in [0.05, 0.1) is 11.1 Å². The molecule has 0 saturated carbocycles. The number of aryl methyl sites for hydroxylation is 2. The van der Waals surface area contributed by atoms with Gasteiger partial charge in [-0.25, -0.2) is 4.98 Å². The van der Waals surface area contributed by atoms with Crippen molar-refractivity contribution in [2.24, 2.45) is 0 Å². The van der Waals surface area contributed by atoms with E-state index >= 15 is 0 Å². The van der Waals surface area contributed by atoms with Gasteiger partial charge in [0.25, 0.3) is 0 Å². The van der Waals surface area contributed by atoms with Crippen molar-refractivity contribution in [2.45, 2.75) is 32.3 Å². The van der Waals surface area contributed by atoms with Crippen molar-refractivity contribution in [3.63, 3.8) is 0 Å². The van der Waals surface area contributed by atoms with Gasteiger partial charge in [-0.2, -0.15) is 0 Å². The maximum Gasteiger partial charge on any atom is 0.0950 e. The minimum atomic E-state index is -0.290. The fraction of sp³-hybridized carbons (Fsp3) is 0.357. The molecule has 90 valence electrons. The van der Waals surface area contributed by atoms with Crippen LogP contribution in [-0.2, 0) is 12.8 Å². The Morgan fingerprint density at radius 1 is 1.41 bits per heavy atom. The van der Waals surface area contributed by atoms with E-state index in [-0.39, 0.29) is 6.10 Å². The number of aliphatic hydroxyl groups excluding tert-OH is 1. The highest BCUT2D eigenvalue weighted by atomic mass is 32.1. The molecular weight excluding hydrogens is 230 g/mol. The highest BCUT2D eigenvalue weighted by molar-refractivity contribution is 7.09. The Balaban J connectivity index is 1.82. The Kier molecular flexibility index (Phi) is 4.29. The van der Waals surface area contributed by atoms with Crippen LogP contribution in [0.15, 0.2) is 35.8 Å². The minimum Gasteiger partial charge on any atom is -0.393 e. The van der Waals surface area contributed by atoms with Gasteiger partial charge in [-0.3, -0.25) is 0 Å². The van der Waals surface area contributed by atoms with E-state index in [4.69, 9.17) is 0 Å². The second kappa shape index (κ2) is 5.94. The van der Waals surface area contributed by atoms with Gasteiger partial charge in [-0.05, 0) is 25.3 Å². The van der Waals surface area contributed by atoms with Crippen molar-refractivity contribution in [3.05, 3.63) is 52.0 Å². The van der Waals surface area contributed by atoms with Crippen molar-refractivity contribution in [2.75, 3.05) is 0 Å². The molecule has 1 atom stereocenters. The van der Waals surface area contributed by atoms with Crippen molar-refractivity contribution in [1.29, 1.82) is 0 Å². The summed E-state index contributed by atoms with van der Waals surface area (Å²) in [6, 6.07) is 8.45. The van der Waals surface area contributed by atoms with Crippen molar-refractivity contribution in [1.82, 2.24) is 4.98 Å². The summed E-state index contributed by atoms with van der Waals surface area (Å²) in [6.45, 7) is 2.09. The maximum absolute atomic E-state index is 9.92. The van der Waals surface area contributed by atoms with Gasteiger partial charge < -0.3 is 5.11 Å². The monoisotopic (exact) mass is 247 g/mol. The fourth-order valence-corrected chi connectivity index (χ4v) is 2.55. The average molecular weight is 247 g/mol. The Morgan fingerprint density at radius 3 is 3.00 bits per heavy atom. The molecule has 3 heteroatoms. The number of benzene rings is 1. The molecule has 2 rings (SSSR count). The van der Waals surface area contributed by atoms with Gasteiger partial charge in [0.15, 0.2) is 0 Å². The molecule has 0 saturated heterocycles. The Labute approximate surface area is 106 Å². The lowest BCUT2D eigenvalue weighted by Crippen LogP contribution is -2.11. The molecule has 0 amide bonds. The van der Waals surface area contributed by atoms with E-state index in [1.54, 1.807) is 17.5 Å². The molecule has 1 unspecified atom stereocenters. The van der Waals surface area contributed by atoms with E-state index in [0.717, 1.165) is 17.8 Å². The quantitative estimate of drug-likeness (QED) is 0.881. The zero-order valence-electron chi connectivity index (χ0n) is 9.97. The topological polar surface area (TPSA) is 33.1 Å². The van der Waals surface area contributed by atoms with Crippen LogP contribution >= 0.6 is 11.3 Å². The molecule has 17 heavy (non-hydrogen) atoms. The van der Waals surface area contributed by atoms with Crippen LogP contribution in [0.5, 0.6) is 0 Å². The summed E-state index contributed by atoms with van der Waals surface area (Å²) in [7, 11) is 0. The lowest BCUT2D eigenvalue weighted by molar-refractivity contribution is 0.165. The van der Waals surface area contributed by atoms with Crippen LogP contribution in [0.25, 0.3) is 0 Å². The van der Waals surface area contributed by atoms with Crippen LogP contribution in [0.1, 0.15) is 22.6 Å². The van der Waals surface area contributed by atoms with E-state index < -0.39 is 0 Å². The molecule has 0 spiro atoms. The number of rotatable bonds is 5. The van der Waals surface area contributed by atoms with Crippen LogP contribution in [0, 0.1) is 6.92 Å². The molecule has 0 radical (unpaired) electrons. The molecule has 2 nitrogen and oxygen atoms in total. The molecule has 1 aromatic carbocycles. The van der Waals surface area contributed by atoms with Crippen molar-refractivity contribution in [3.8, 4) is 0 Å².